The Kier molecular flexibility index (Phi) is 5.16. The summed E-state index contributed by atoms with van der Waals surface area (Å²) in [4.78, 5) is 0. The Bertz CT molecular complexity index is 541. The highest BCUT2D eigenvalue weighted by molar-refractivity contribution is 7.87. The zero-order valence-electron chi connectivity index (χ0n) is 11.9. The Morgan fingerprint density at radius 1 is 1.16 bits per heavy atom. The first-order valence-electron chi connectivity index (χ1n) is 5.70. The Hall–Kier alpha value is -1.31. The number of nitrogens with one attached hydrogen (secondary N) is 1. The summed E-state index contributed by atoms with van der Waals surface area (Å²) in [5, 5.41) is 0. The van der Waals surface area contributed by atoms with E-state index < -0.39 is 10.2 Å². The standard InChI is InChI=1S/C12H20N2O4S/c1-9-6-12(18-5)10(7-11(9)17-4)8-13-19(15,16)14(2)3/h6-7,13H,8H2,1-5H3. The predicted octanol–water partition coefficient (Wildman–Crippen LogP) is 0.908. The monoisotopic (exact) mass is 288 g/mol. The summed E-state index contributed by atoms with van der Waals surface area (Å²) in [6.45, 7) is 2.04. The summed E-state index contributed by atoms with van der Waals surface area (Å²) in [5.41, 5.74) is 1.65. The van der Waals surface area contributed by atoms with Gasteiger partial charge in [-0.05, 0) is 24.6 Å². The molecule has 0 unspecified atom stereocenters. The summed E-state index contributed by atoms with van der Waals surface area (Å²) >= 11 is 0. The molecule has 7 heteroatoms. The molecule has 0 amide bonds. The van der Waals surface area contributed by atoms with E-state index in [9.17, 15) is 8.42 Å². The molecule has 0 aromatic heterocycles. The third-order valence-electron chi connectivity index (χ3n) is 2.72. The average Bonchev–Trinajstić information content (AvgIpc) is 2.36. The summed E-state index contributed by atoms with van der Waals surface area (Å²) < 4.78 is 37.4. The van der Waals surface area contributed by atoms with Crippen LogP contribution in [0.2, 0.25) is 0 Å². The first-order valence-corrected chi connectivity index (χ1v) is 7.14. The maximum Gasteiger partial charge on any atom is 0.279 e. The van der Waals surface area contributed by atoms with Crippen molar-refractivity contribution in [1.82, 2.24) is 9.03 Å². The number of nitrogens with zero attached hydrogens (tertiary/aromatic N) is 1. The Labute approximate surface area is 114 Å². The summed E-state index contributed by atoms with van der Waals surface area (Å²) in [7, 11) is 2.59. The molecule has 1 aromatic rings. The number of ether oxygens (including phenoxy) is 2. The second-order valence-electron chi connectivity index (χ2n) is 4.24. The van der Waals surface area contributed by atoms with Gasteiger partial charge in [-0.1, -0.05) is 0 Å². The van der Waals surface area contributed by atoms with E-state index in [1.807, 2.05) is 13.0 Å². The third kappa shape index (κ3) is 3.82. The van der Waals surface area contributed by atoms with Crippen molar-refractivity contribution in [2.45, 2.75) is 13.5 Å². The van der Waals surface area contributed by atoms with Crippen molar-refractivity contribution in [2.24, 2.45) is 0 Å². The molecule has 0 aliphatic rings. The van der Waals surface area contributed by atoms with Crippen molar-refractivity contribution in [3.8, 4) is 11.5 Å². The molecule has 19 heavy (non-hydrogen) atoms. The highest BCUT2D eigenvalue weighted by Gasteiger charge is 2.15. The minimum atomic E-state index is -3.46. The van der Waals surface area contributed by atoms with Crippen LogP contribution in [0.3, 0.4) is 0 Å². The van der Waals surface area contributed by atoms with Gasteiger partial charge in [0.15, 0.2) is 0 Å². The highest BCUT2D eigenvalue weighted by Crippen LogP contribution is 2.28. The number of rotatable bonds is 6. The van der Waals surface area contributed by atoms with E-state index in [-0.39, 0.29) is 6.54 Å². The van der Waals surface area contributed by atoms with Gasteiger partial charge < -0.3 is 9.47 Å². The Morgan fingerprint density at radius 2 is 1.74 bits per heavy atom. The van der Waals surface area contributed by atoms with E-state index in [0.717, 1.165) is 15.4 Å². The maximum atomic E-state index is 11.7. The Morgan fingerprint density at radius 3 is 2.21 bits per heavy atom. The molecule has 0 fully saturated rings. The van der Waals surface area contributed by atoms with Crippen molar-refractivity contribution in [2.75, 3.05) is 28.3 Å². The van der Waals surface area contributed by atoms with Gasteiger partial charge in [0, 0.05) is 26.2 Å². The summed E-state index contributed by atoms with van der Waals surface area (Å²) in [5.74, 6) is 1.32. The van der Waals surface area contributed by atoms with Gasteiger partial charge in [0.1, 0.15) is 11.5 Å². The molecule has 0 spiro atoms. The number of benzene rings is 1. The van der Waals surface area contributed by atoms with Crippen molar-refractivity contribution in [3.63, 3.8) is 0 Å². The number of aryl methyl sites for hydroxylation is 1. The number of hydrogen-bond donors (Lipinski definition) is 1. The lowest BCUT2D eigenvalue weighted by Crippen LogP contribution is -2.35. The largest absolute Gasteiger partial charge is 0.496 e. The number of hydrogen-bond acceptors (Lipinski definition) is 4. The fraction of sp³-hybridized carbons (Fsp3) is 0.500. The van der Waals surface area contributed by atoms with Crippen LogP contribution in [0, 0.1) is 6.92 Å². The van der Waals surface area contributed by atoms with Gasteiger partial charge in [0.2, 0.25) is 0 Å². The van der Waals surface area contributed by atoms with E-state index in [1.54, 1.807) is 20.3 Å². The fourth-order valence-electron chi connectivity index (χ4n) is 1.55. The molecule has 0 saturated heterocycles. The van der Waals surface area contributed by atoms with Crippen molar-refractivity contribution >= 4 is 10.2 Å². The molecule has 0 saturated carbocycles. The molecular formula is C12H20N2O4S. The molecule has 0 bridgehead atoms. The molecule has 0 radical (unpaired) electrons. The van der Waals surface area contributed by atoms with Crippen molar-refractivity contribution in [3.05, 3.63) is 23.3 Å². The SMILES string of the molecule is COc1cc(CNS(=O)(=O)N(C)C)c(OC)cc1C. The zero-order chi connectivity index (χ0) is 14.6. The van der Waals surface area contributed by atoms with Crippen LogP contribution in [0.15, 0.2) is 12.1 Å². The fourth-order valence-corrected chi connectivity index (χ4v) is 2.15. The van der Waals surface area contributed by atoms with E-state index in [2.05, 4.69) is 4.72 Å². The van der Waals surface area contributed by atoms with E-state index in [1.165, 1.54) is 14.1 Å². The molecule has 108 valence electrons. The normalized spacial score (nSPS) is 11.7. The van der Waals surface area contributed by atoms with E-state index >= 15 is 0 Å². The molecule has 0 aliphatic carbocycles. The molecule has 1 aromatic carbocycles. The van der Waals surface area contributed by atoms with Crippen LogP contribution in [0.4, 0.5) is 0 Å². The van der Waals surface area contributed by atoms with Crippen LogP contribution >= 0.6 is 0 Å². The van der Waals surface area contributed by atoms with Gasteiger partial charge in [-0.15, -0.1) is 0 Å². The van der Waals surface area contributed by atoms with E-state index in [0.29, 0.717) is 11.5 Å². The van der Waals surface area contributed by atoms with Crippen molar-refractivity contribution < 1.29 is 17.9 Å². The van der Waals surface area contributed by atoms with Crippen LogP contribution in [0.25, 0.3) is 0 Å². The molecule has 0 aliphatic heterocycles. The van der Waals surface area contributed by atoms with Crippen LogP contribution in [-0.4, -0.2) is 41.0 Å². The first kappa shape index (κ1) is 15.7. The minimum Gasteiger partial charge on any atom is -0.496 e. The summed E-state index contributed by atoms with van der Waals surface area (Å²) in [6, 6.07) is 3.59. The third-order valence-corrected chi connectivity index (χ3v) is 4.19. The summed E-state index contributed by atoms with van der Waals surface area (Å²) in [6.07, 6.45) is 0. The van der Waals surface area contributed by atoms with Gasteiger partial charge in [-0.25, -0.2) is 0 Å². The smallest absolute Gasteiger partial charge is 0.279 e. The van der Waals surface area contributed by atoms with E-state index in [4.69, 9.17) is 9.47 Å². The zero-order valence-corrected chi connectivity index (χ0v) is 12.7. The lowest BCUT2D eigenvalue weighted by Gasteiger charge is -2.15. The van der Waals surface area contributed by atoms with Gasteiger partial charge in [-0.2, -0.15) is 17.4 Å². The maximum absolute atomic E-state index is 11.7. The first-order chi connectivity index (χ1) is 8.81. The highest BCUT2D eigenvalue weighted by atomic mass is 32.2. The quantitative estimate of drug-likeness (QED) is 0.845. The molecular weight excluding hydrogens is 268 g/mol. The molecule has 0 heterocycles. The topological polar surface area (TPSA) is 67.9 Å². The van der Waals surface area contributed by atoms with Crippen LogP contribution in [0.1, 0.15) is 11.1 Å². The molecule has 0 atom stereocenters. The second-order valence-corrected chi connectivity index (χ2v) is 6.21. The lowest BCUT2D eigenvalue weighted by atomic mass is 10.1. The molecule has 1 rings (SSSR count). The van der Waals surface area contributed by atoms with Crippen LogP contribution in [-0.2, 0) is 16.8 Å². The lowest BCUT2D eigenvalue weighted by molar-refractivity contribution is 0.395. The van der Waals surface area contributed by atoms with Gasteiger partial charge in [0.05, 0.1) is 14.2 Å². The number of methoxy groups -OCH3 is 2. The Balaban J connectivity index is 3.00. The molecule has 1 N–H and O–H groups in total. The predicted molar refractivity (Wildman–Crippen MR) is 73.7 cm³/mol. The van der Waals surface area contributed by atoms with Gasteiger partial charge in [-0.3, -0.25) is 0 Å². The van der Waals surface area contributed by atoms with Gasteiger partial charge in [0.25, 0.3) is 10.2 Å². The van der Waals surface area contributed by atoms with Crippen LogP contribution in [0.5, 0.6) is 11.5 Å². The molecule has 6 nitrogen and oxygen atoms in total. The van der Waals surface area contributed by atoms with Crippen LogP contribution < -0.4 is 14.2 Å². The van der Waals surface area contributed by atoms with Gasteiger partial charge >= 0.3 is 0 Å². The minimum absolute atomic E-state index is 0.139. The average molecular weight is 288 g/mol. The van der Waals surface area contributed by atoms with Crippen molar-refractivity contribution in [1.29, 1.82) is 0 Å². The second kappa shape index (κ2) is 6.23.